The molecule has 1 saturated heterocycles. The Morgan fingerprint density at radius 1 is 1.21 bits per heavy atom. The van der Waals surface area contributed by atoms with Crippen LogP contribution >= 0.6 is 11.6 Å². The summed E-state index contributed by atoms with van der Waals surface area (Å²) in [5, 5.41) is 6.80. The fraction of sp³-hybridized carbons (Fsp3) is 0.409. The lowest BCUT2D eigenvalue weighted by Crippen LogP contribution is -2.44. The third-order valence-electron chi connectivity index (χ3n) is 5.21. The largest absolute Gasteiger partial charge is 0.356 e. The number of aryl methyl sites for hydroxylation is 1. The number of pyridine rings is 1. The molecule has 2 heterocycles. The maximum Gasteiger partial charge on any atom is 0.220 e. The molecule has 0 bridgehead atoms. The molecule has 1 aliphatic heterocycles. The van der Waals surface area contributed by atoms with Gasteiger partial charge in [0.1, 0.15) is 0 Å². The van der Waals surface area contributed by atoms with Crippen LogP contribution in [0.15, 0.2) is 48.8 Å². The summed E-state index contributed by atoms with van der Waals surface area (Å²) in [4.78, 5) is 28.2. The number of hydrogen-bond donors (Lipinski definition) is 2. The second kappa shape index (κ2) is 9.69. The van der Waals surface area contributed by atoms with Gasteiger partial charge in [0.15, 0.2) is 0 Å². The Balaban J connectivity index is 1.46. The van der Waals surface area contributed by atoms with Crippen molar-refractivity contribution < 1.29 is 9.59 Å². The Kier molecular flexibility index (Phi) is 7.04. The molecule has 5 nitrogen and oxygen atoms in total. The lowest BCUT2D eigenvalue weighted by atomic mass is 9.85. The summed E-state index contributed by atoms with van der Waals surface area (Å²) in [5.74, 6) is 0.0914. The molecule has 1 atom stereocenters. The van der Waals surface area contributed by atoms with Gasteiger partial charge in [0, 0.05) is 42.3 Å². The van der Waals surface area contributed by atoms with Crippen LogP contribution in [-0.2, 0) is 22.4 Å². The van der Waals surface area contributed by atoms with Crippen molar-refractivity contribution in [3.05, 3.63) is 64.9 Å². The molecule has 28 heavy (non-hydrogen) atoms. The summed E-state index contributed by atoms with van der Waals surface area (Å²) in [5.41, 5.74) is 1.94. The third-order valence-corrected chi connectivity index (χ3v) is 5.46. The van der Waals surface area contributed by atoms with Gasteiger partial charge in [-0.2, -0.15) is 0 Å². The molecule has 0 unspecified atom stereocenters. The summed E-state index contributed by atoms with van der Waals surface area (Å²) in [7, 11) is 0. The van der Waals surface area contributed by atoms with E-state index in [1.807, 2.05) is 42.6 Å². The summed E-state index contributed by atoms with van der Waals surface area (Å²) < 4.78 is 0. The third kappa shape index (κ3) is 6.06. The predicted octanol–water partition coefficient (Wildman–Crippen LogP) is 3.46. The summed E-state index contributed by atoms with van der Waals surface area (Å²) in [6.45, 7) is 0.643. The van der Waals surface area contributed by atoms with Gasteiger partial charge in [0.05, 0.1) is 0 Å². The molecule has 0 saturated carbocycles. The molecule has 148 valence electrons. The Hall–Kier alpha value is -2.40. The first-order chi connectivity index (χ1) is 13.5. The second-order valence-electron chi connectivity index (χ2n) is 7.45. The monoisotopic (exact) mass is 399 g/mol. The van der Waals surface area contributed by atoms with Crippen LogP contribution in [-0.4, -0.2) is 28.9 Å². The number of carbonyl (C=O) groups is 2. The normalized spacial score (nSPS) is 18.7. The number of nitrogens with zero attached hydrogens (tertiary/aromatic N) is 1. The Morgan fingerprint density at radius 2 is 2.04 bits per heavy atom. The molecular weight excluding hydrogens is 374 g/mol. The minimum absolute atomic E-state index is 0.0304. The van der Waals surface area contributed by atoms with Crippen LogP contribution in [0.4, 0.5) is 0 Å². The number of rotatable bonds is 9. The van der Waals surface area contributed by atoms with E-state index >= 15 is 0 Å². The van der Waals surface area contributed by atoms with E-state index in [4.69, 9.17) is 11.6 Å². The fourth-order valence-corrected chi connectivity index (χ4v) is 3.81. The average molecular weight is 400 g/mol. The van der Waals surface area contributed by atoms with Crippen molar-refractivity contribution in [2.45, 2.75) is 50.5 Å². The first-order valence-electron chi connectivity index (χ1n) is 9.76. The zero-order chi connectivity index (χ0) is 19.8. The highest BCUT2D eigenvalue weighted by atomic mass is 35.5. The average Bonchev–Trinajstić information content (AvgIpc) is 3.07. The van der Waals surface area contributed by atoms with Crippen LogP contribution < -0.4 is 10.6 Å². The Morgan fingerprint density at radius 3 is 2.71 bits per heavy atom. The van der Waals surface area contributed by atoms with Crippen molar-refractivity contribution in [3.63, 3.8) is 0 Å². The summed E-state index contributed by atoms with van der Waals surface area (Å²) in [6, 6.07) is 11.6. The van der Waals surface area contributed by atoms with E-state index in [1.165, 1.54) is 5.56 Å². The number of nitrogens with one attached hydrogen (secondary N) is 2. The highest BCUT2D eigenvalue weighted by Crippen LogP contribution is 2.30. The molecule has 3 rings (SSSR count). The lowest BCUT2D eigenvalue weighted by Gasteiger charge is -2.29. The van der Waals surface area contributed by atoms with Crippen molar-refractivity contribution >= 4 is 23.4 Å². The van der Waals surface area contributed by atoms with Crippen LogP contribution in [0.1, 0.15) is 43.2 Å². The van der Waals surface area contributed by atoms with Gasteiger partial charge >= 0.3 is 0 Å². The molecule has 2 aromatic rings. The van der Waals surface area contributed by atoms with Crippen LogP contribution in [0, 0.1) is 0 Å². The van der Waals surface area contributed by atoms with E-state index in [-0.39, 0.29) is 17.4 Å². The molecule has 1 aromatic carbocycles. The van der Waals surface area contributed by atoms with Crippen molar-refractivity contribution in [1.82, 2.24) is 15.6 Å². The van der Waals surface area contributed by atoms with Crippen molar-refractivity contribution in [2.24, 2.45) is 0 Å². The SMILES string of the molecule is O=C(CC[C@]1(Cc2ccc(Cl)cc2)CCC(=O)N1)NCCCc1cccnc1. The zero-order valence-electron chi connectivity index (χ0n) is 15.9. The fourth-order valence-electron chi connectivity index (χ4n) is 3.68. The number of hydrogen-bond acceptors (Lipinski definition) is 3. The maximum absolute atomic E-state index is 12.3. The summed E-state index contributed by atoms with van der Waals surface area (Å²) >= 11 is 5.96. The minimum Gasteiger partial charge on any atom is -0.356 e. The lowest BCUT2D eigenvalue weighted by molar-refractivity contribution is -0.122. The smallest absolute Gasteiger partial charge is 0.220 e. The summed E-state index contributed by atoms with van der Waals surface area (Å²) in [6.07, 6.45) is 8.40. The van der Waals surface area contributed by atoms with Crippen LogP contribution in [0.3, 0.4) is 0 Å². The molecule has 1 aromatic heterocycles. The first-order valence-corrected chi connectivity index (χ1v) is 10.1. The molecule has 2 amide bonds. The van der Waals surface area contributed by atoms with Crippen molar-refractivity contribution in [1.29, 1.82) is 0 Å². The molecule has 0 radical (unpaired) electrons. The molecule has 0 aliphatic carbocycles. The van der Waals surface area contributed by atoms with E-state index in [9.17, 15) is 9.59 Å². The van der Waals surface area contributed by atoms with Crippen LogP contribution in [0.2, 0.25) is 5.02 Å². The van der Waals surface area contributed by atoms with Gasteiger partial charge in [-0.05, 0) is 61.4 Å². The van der Waals surface area contributed by atoms with Crippen molar-refractivity contribution in [3.8, 4) is 0 Å². The van der Waals surface area contributed by atoms with Crippen LogP contribution in [0.25, 0.3) is 0 Å². The topological polar surface area (TPSA) is 71.1 Å². The highest BCUT2D eigenvalue weighted by molar-refractivity contribution is 6.30. The van der Waals surface area contributed by atoms with E-state index in [0.29, 0.717) is 37.3 Å². The number of halogens is 1. The van der Waals surface area contributed by atoms with Gasteiger partial charge in [-0.15, -0.1) is 0 Å². The highest BCUT2D eigenvalue weighted by Gasteiger charge is 2.37. The van der Waals surface area contributed by atoms with Gasteiger partial charge in [0.25, 0.3) is 0 Å². The molecular formula is C22H26ClN3O2. The van der Waals surface area contributed by atoms with E-state index in [1.54, 1.807) is 6.20 Å². The number of benzene rings is 1. The molecule has 6 heteroatoms. The van der Waals surface area contributed by atoms with Crippen LogP contribution in [0.5, 0.6) is 0 Å². The van der Waals surface area contributed by atoms with E-state index in [2.05, 4.69) is 15.6 Å². The van der Waals surface area contributed by atoms with Gasteiger partial charge in [-0.3, -0.25) is 14.6 Å². The number of amides is 2. The zero-order valence-corrected chi connectivity index (χ0v) is 16.7. The molecule has 0 spiro atoms. The quantitative estimate of drug-likeness (QED) is 0.634. The first kappa shape index (κ1) is 20.3. The van der Waals surface area contributed by atoms with Gasteiger partial charge in [-0.1, -0.05) is 29.8 Å². The second-order valence-corrected chi connectivity index (χ2v) is 7.88. The molecule has 2 N–H and O–H groups in total. The minimum atomic E-state index is -0.349. The van der Waals surface area contributed by atoms with Gasteiger partial charge in [0.2, 0.25) is 11.8 Å². The maximum atomic E-state index is 12.3. The standard InChI is InChI=1S/C22H26ClN3O2/c23-19-7-5-17(6-8-19)15-22(12-10-21(28)26-22)11-9-20(27)25-14-2-4-18-3-1-13-24-16-18/h1,3,5-8,13,16H,2,4,9-12,14-15H2,(H,25,27)(H,26,28)/t22-/m1/s1. The number of aromatic nitrogens is 1. The molecule has 1 fully saturated rings. The Labute approximate surface area is 170 Å². The Bertz CT molecular complexity index is 795. The van der Waals surface area contributed by atoms with Crippen molar-refractivity contribution in [2.75, 3.05) is 6.54 Å². The van der Waals surface area contributed by atoms with E-state index < -0.39 is 0 Å². The van der Waals surface area contributed by atoms with E-state index in [0.717, 1.165) is 24.8 Å². The van der Waals surface area contributed by atoms with Gasteiger partial charge in [-0.25, -0.2) is 0 Å². The van der Waals surface area contributed by atoms with Gasteiger partial charge < -0.3 is 10.6 Å². The molecule has 1 aliphatic rings. The predicted molar refractivity (Wildman–Crippen MR) is 110 cm³/mol. The number of carbonyl (C=O) groups excluding carboxylic acids is 2.